The van der Waals surface area contributed by atoms with E-state index in [4.69, 9.17) is 20.8 Å². The third kappa shape index (κ3) is 3.12. The Balaban J connectivity index is 1.98. The van der Waals surface area contributed by atoms with E-state index in [1.165, 1.54) is 12.1 Å². The summed E-state index contributed by atoms with van der Waals surface area (Å²) in [6.07, 6.45) is 0.262. The van der Waals surface area contributed by atoms with Crippen molar-refractivity contribution in [1.29, 1.82) is 0 Å². The summed E-state index contributed by atoms with van der Waals surface area (Å²) in [6.45, 7) is 0. The topological polar surface area (TPSA) is 122 Å². The van der Waals surface area contributed by atoms with Gasteiger partial charge in [-0.05, 0) is 17.7 Å². The number of nitrogens with two attached hydrogens (primary N) is 1. The number of nitrogens with zero attached hydrogens (tertiary/aromatic N) is 1. The Kier molecular flexibility index (Phi) is 3.99. The standard InChI is InChI=1S/C13H14N2O5/c14-10(13(18)19)5-9-6-11(15-20-9)7-1-3-8(4-2-7)12(16)17/h1-4,9-10H,5-6,14H2,(H,16,17)(H,18,19)/t9-,10-/m0/s1. The molecule has 0 unspecified atom stereocenters. The van der Waals surface area contributed by atoms with Crippen LogP contribution in [0.15, 0.2) is 29.4 Å². The molecule has 4 N–H and O–H groups in total. The second kappa shape index (κ2) is 5.70. The van der Waals surface area contributed by atoms with Gasteiger partial charge in [-0.1, -0.05) is 17.3 Å². The molecule has 0 radical (unpaired) electrons. The number of hydrogen-bond donors (Lipinski definition) is 3. The lowest BCUT2D eigenvalue weighted by molar-refractivity contribution is -0.139. The number of aliphatic carboxylic acids is 1. The molecular weight excluding hydrogens is 264 g/mol. The molecule has 1 aromatic carbocycles. The summed E-state index contributed by atoms with van der Waals surface area (Å²) in [7, 11) is 0. The Hall–Kier alpha value is -2.41. The maximum absolute atomic E-state index is 10.7. The van der Waals surface area contributed by atoms with Crippen LogP contribution in [0.3, 0.4) is 0 Å². The van der Waals surface area contributed by atoms with Crippen molar-refractivity contribution in [2.75, 3.05) is 0 Å². The molecular formula is C13H14N2O5. The summed E-state index contributed by atoms with van der Waals surface area (Å²) in [5.74, 6) is -2.07. The normalized spacial score (nSPS) is 19.1. The fraction of sp³-hybridized carbons (Fsp3) is 0.308. The molecule has 2 atom stereocenters. The van der Waals surface area contributed by atoms with Gasteiger partial charge < -0.3 is 20.8 Å². The van der Waals surface area contributed by atoms with E-state index in [0.717, 1.165) is 5.56 Å². The highest BCUT2D eigenvalue weighted by atomic mass is 16.6. The summed E-state index contributed by atoms with van der Waals surface area (Å²) in [4.78, 5) is 26.6. The maximum Gasteiger partial charge on any atom is 0.335 e. The first-order valence-electron chi connectivity index (χ1n) is 6.02. The van der Waals surface area contributed by atoms with E-state index >= 15 is 0 Å². The highest BCUT2D eigenvalue weighted by Crippen LogP contribution is 2.20. The van der Waals surface area contributed by atoms with Gasteiger partial charge in [-0.2, -0.15) is 0 Å². The van der Waals surface area contributed by atoms with Crippen LogP contribution in [-0.2, 0) is 9.63 Å². The number of rotatable bonds is 5. The molecule has 0 bridgehead atoms. The maximum atomic E-state index is 10.7. The largest absolute Gasteiger partial charge is 0.480 e. The van der Waals surface area contributed by atoms with Crippen LogP contribution >= 0.6 is 0 Å². The van der Waals surface area contributed by atoms with Crippen molar-refractivity contribution in [3.63, 3.8) is 0 Å². The average molecular weight is 278 g/mol. The first-order chi connectivity index (χ1) is 9.47. The number of carboxylic acids is 2. The van der Waals surface area contributed by atoms with Gasteiger partial charge in [0.2, 0.25) is 0 Å². The van der Waals surface area contributed by atoms with E-state index in [0.29, 0.717) is 12.1 Å². The summed E-state index contributed by atoms with van der Waals surface area (Å²) in [5.41, 5.74) is 7.04. The lowest BCUT2D eigenvalue weighted by atomic mass is 10.00. The highest BCUT2D eigenvalue weighted by molar-refractivity contribution is 6.02. The van der Waals surface area contributed by atoms with Gasteiger partial charge in [-0.15, -0.1) is 0 Å². The zero-order valence-corrected chi connectivity index (χ0v) is 10.5. The monoisotopic (exact) mass is 278 g/mol. The Bertz CT molecular complexity index is 552. The number of benzene rings is 1. The van der Waals surface area contributed by atoms with Gasteiger partial charge in [-0.25, -0.2) is 4.79 Å². The number of carboxylic acid groups (broad SMARTS) is 2. The van der Waals surface area contributed by atoms with Gasteiger partial charge in [0.15, 0.2) is 0 Å². The van der Waals surface area contributed by atoms with Crippen LogP contribution < -0.4 is 5.73 Å². The molecule has 0 aliphatic carbocycles. The van der Waals surface area contributed by atoms with Crippen LogP contribution in [0.4, 0.5) is 0 Å². The van der Waals surface area contributed by atoms with E-state index in [1.54, 1.807) is 12.1 Å². The molecule has 1 aliphatic rings. The molecule has 1 aromatic rings. The van der Waals surface area contributed by atoms with Crippen LogP contribution in [0.1, 0.15) is 28.8 Å². The van der Waals surface area contributed by atoms with Crippen molar-refractivity contribution in [3.8, 4) is 0 Å². The molecule has 0 aromatic heterocycles. The van der Waals surface area contributed by atoms with Gasteiger partial charge >= 0.3 is 11.9 Å². The molecule has 106 valence electrons. The van der Waals surface area contributed by atoms with Gasteiger partial charge in [0, 0.05) is 12.8 Å². The molecule has 1 aliphatic heterocycles. The quantitative estimate of drug-likeness (QED) is 0.728. The van der Waals surface area contributed by atoms with Gasteiger partial charge in [-0.3, -0.25) is 4.79 Å². The number of carbonyl (C=O) groups is 2. The van der Waals surface area contributed by atoms with Crippen molar-refractivity contribution >= 4 is 17.7 Å². The van der Waals surface area contributed by atoms with Gasteiger partial charge in [0.25, 0.3) is 0 Å². The fourth-order valence-electron chi connectivity index (χ4n) is 1.91. The zero-order chi connectivity index (χ0) is 14.7. The Morgan fingerprint density at radius 3 is 2.55 bits per heavy atom. The van der Waals surface area contributed by atoms with Crippen LogP contribution in [0, 0.1) is 0 Å². The molecule has 0 spiro atoms. The predicted octanol–water partition coefficient (Wildman–Crippen LogP) is 0.680. The molecule has 0 fully saturated rings. The van der Waals surface area contributed by atoms with E-state index in [-0.39, 0.29) is 18.1 Å². The van der Waals surface area contributed by atoms with Gasteiger partial charge in [0.05, 0.1) is 11.3 Å². The Labute approximate surface area is 114 Å². The zero-order valence-electron chi connectivity index (χ0n) is 10.5. The third-order valence-corrected chi connectivity index (χ3v) is 3.03. The Morgan fingerprint density at radius 2 is 2.00 bits per heavy atom. The van der Waals surface area contributed by atoms with Crippen molar-refractivity contribution in [2.24, 2.45) is 10.9 Å². The summed E-state index contributed by atoms with van der Waals surface area (Å²) in [6, 6.07) is 5.27. The Morgan fingerprint density at radius 1 is 1.35 bits per heavy atom. The van der Waals surface area contributed by atoms with Crippen LogP contribution in [0.2, 0.25) is 0 Å². The highest BCUT2D eigenvalue weighted by Gasteiger charge is 2.26. The molecule has 7 nitrogen and oxygen atoms in total. The van der Waals surface area contributed by atoms with E-state index < -0.39 is 18.0 Å². The molecule has 20 heavy (non-hydrogen) atoms. The lowest BCUT2D eigenvalue weighted by Gasteiger charge is -2.10. The van der Waals surface area contributed by atoms with E-state index in [9.17, 15) is 9.59 Å². The summed E-state index contributed by atoms with van der Waals surface area (Å²) < 4.78 is 0. The van der Waals surface area contributed by atoms with Crippen LogP contribution in [0.25, 0.3) is 0 Å². The summed E-state index contributed by atoms with van der Waals surface area (Å²) in [5, 5.41) is 21.4. The molecule has 7 heteroatoms. The van der Waals surface area contributed by atoms with Crippen molar-refractivity contribution in [2.45, 2.75) is 25.0 Å². The summed E-state index contributed by atoms with van der Waals surface area (Å²) >= 11 is 0. The van der Waals surface area contributed by atoms with Crippen LogP contribution in [-0.4, -0.2) is 40.0 Å². The smallest absolute Gasteiger partial charge is 0.335 e. The third-order valence-electron chi connectivity index (χ3n) is 3.03. The molecule has 0 amide bonds. The predicted molar refractivity (Wildman–Crippen MR) is 69.7 cm³/mol. The van der Waals surface area contributed by atoms with Crippen molar-refractivity contribution in [1.82, 2.24) is 0 Å². The van der Waals surface area contributed by atoms with Crippen molar-refractivity contribution < 1.29 is 24.6 Å². The molecule has 0 saturated heterocycles. The van der Waals surface area contributed by atoms with E-state index in [1.807, 2.05) is 0 Å². The van der Waals surface area contributed by atoms with Crippen molar-refractivity contribution in [3.05, 3.63) is 35.4 Å². The van der Waals surface area contributed by atoms with E-state index in [2.05, 4.69) is 5.16 Å². The fourth-order valence-corrected chi connectivity index (χ4v) is 1.91. The lowest BCUT2D eigenvalue weighted by Crippen LogP contribution is -2.34. The SMILES string of the molecule is N[C@@H](C[C@H]1CC(c2ccc(C(=O)O)cc2)=NO1)C(=O)O. The minimum Gasteiger partial charge on any atom is -0.480 e. The molecule has 0 saturated carbocycles. The molecule has 2 rings (SSSR count). The minimum absolute atomic E-state index is 0.176. The number of aromatic carboxylic acids is 1. The number of oxime groups is 1. The first kappa shape index (κ1) is 14.0. The number of hydrogen-bond acceptors (Lipinski definition) is 5. The second-order valence-electron chi connectivity index (χ2n) is 4.53. The van der Waals surface area contributed by atoms with Crippen LogP contribution in [0.5, 0.6) is 0 Å². The first-order valence-corrected chi connectivity index (χ1v) is 6.02. The molecule has 1 heterocycles. The average Bonchev–Trinajstić information content (AvgIpc) is 2.87. The second-order valence-corrected chi connectivity index (χ2v) is 4.53. The minimum atomic E-state index is -1.08. The van der Waals surface area contributed by atoms with Gasteiger partial charge in [0.1, 0.15) is 12.1 Å².